The van der Waals surface area contributed by atoms with Crippen molar-refractivity contribution < 1.29 is 9.90 Å². The van der Waals surface area contributed by atoms with E-state index in [0.717, 1.165) is 49.5 Å². The number of carbonyl (C=O) groups is 1. The highest BCUT2D eigenvalue weighted by atomic mass is 16.3. The molecule has 0 aliphatic carbocycles. The second-order valence-corrected chi connectivity index (χ2v) is 6.90. The summed E-state index contributed by atoms with van der Waals surface area (Å²) < 4.78 is 0. The van der Waals surface area contributed by atoms with Gasteiger partial charge in [0.05, 0.1) is 5.56 Å². The molecule has 1 saturated heterocycles. The SMILES string of the molecule is CCN1CCN(c2ccc(NC(=O)c3cc(C)ccc3O)cc2C)CC1. The molecule has 0 bridgehead atoms. The smallest absolute Gasteiger partial charge is 0.259 e. The lowest BCUT2D eigenvalue weighted by Gasteiger charge is -2.36. The van der Waals surface area contributed by atoms with Crippen molar-refractivity contribution in [3.63, 3.8) is 0 Å². The van der Waals surface area contributed by atoms with E-state index in [1.165, 1.54) is 5.69 Å². The summed E-state index contributed by atoms with van der Waals surface area (Å²) in [5.41, 5.74) is 4.33. The lowest BCUT2D eigenvalue weighted by Crippen LogP contribution is -2.46. The molecule has 1 aliphatic heterocycles. The number of aromatic hydroxyl groups is 1. The first kappa shape index (κ1) is 18.3. The number of piperazine rings is 1. The molecule has 1 heterocycles. The van der Waals surface area contributed by atoms with E-state index in [0.29, 0.717) is 5.56 Å². The molecular weight excluding hydrogens is 326 g/mol. The fourth-order valence-electron chi connectivity index (χ4n) is 3.42. The van der Waals surface area contributed by atoms with Gasteiger partial charge in [-0.1, -0.05) is 18.6 Å². The zero-order valence-electron chi connectivity index (χ0n) is 15.7. The molecule has 0 saturated carbocycles. The quantitative estimate of drug-likeness (QED) is 0.884. The summed E-state index contributed by atoms with van der Waals surface area (Å²) in [5.74, 6) is -0.301. The minimum atomic E-state index is -0.296. The summed E-state index contributed by atoms with van der Waals surface area (Å²) in [6, 6.07) is 11.0. The number of nitrogens with zero attached hydrogens (tertiary/aromatic N) is 2. The molecule has 138 valence electrons. The van der Waals surface area contributed by atoms with Gasteiger partial charge in [0.1, 0.15) is 5.75 Å². The summed E-state index contributed by atoms with van der Waals surface area (Å²) in [5, 5.41) is 12.8. The molecule has 5 nitrogen and oxygen atoms in total. The number of nitrogens with one attached hydrogen (secondary N) is 1. The third-order valence-corrected chi connectivity index (χ3v) is 5.01. The van der Waals surface area contributed by atoms with Gasteiger partial charge in [-0.05, 0) is 56.3 Å². The van der Waals surface area contributed by atoms with E-state index in [1.54, 1.807) is 18.2 Å². The van der Waals surface area contributed by atoms with E-state index in [1.807, 2.05) is 19.1 Å². The molecule has 1 amide bonds. The van der Waals surface area contributed by atoms with Crippen LogP contribution >= 0.6 is 0 Å². The summed E-state index contributed by atoms with van der Waals surface area (Å²) in [4.78, 5) is 17.3. The van der Waals surface area contributed by atoms with Gasteiger partial charge in [-0.25, -0.2) is 0 Å². The molecular formula is C21H27N3O2. The maximum Gasteiger partial charge on any atom is 0.259 e. The van der Waals surface area contributed by atoms with Crippen molar-refractivity contribution in [2.45, 2.75) is 20.8 Å². The highest BCUT2D eigenvalue weighted by Gasteiger charge is 2.18. The van der Waals surface area contributed by atoms with E-state index < -0.39 is 0 Å². The number of phenols is 1. The van der Waals surface area contributed by atoms with Crippen LogP contribution in [0.2, 0.25) is 0 Å². The van der Waals surface area contributed by atoms with Gasteiger partial charge in [0.15, 0.2) is 0 Å². The first-order valence-corrected chi connectivity index (χ1v) is 9.17. The number of anilines is 2. The molecule has 3 rings (SSSR count). The third kappa shape index (κ3) is 3.99. The first-order valence-electron chi connectivity index (χ1n) is 9.17. The number of benzene rings is 2. The molecule has 0 atom stereocenters. The van der Waals surface area contributed by atoms with Crippen molar-refractivity contribution in [2.24, 2.45) is 0 Å². The van der Waals surface area contributed by atoms with Crippen LogP contribution in [0.5, 0.6) is 5.75 Å². The molecule has 0 aromatic heterocycles. The Morgan fingerprint density at radius 2 is 1.81 bits per heavy atom. The number of hydrogen-bond acceptors (Lipinski definition) is 4. The Morgan fingerprint density at radius 3 is 2.46 bits per heavy atom. The molecule has 0 spiro atoms. The van der Waals surface area contributed by atoms with Crippen LogP contribution in [-0.4, -0.2) is 48.6 Å². The van der Waals surface area contributed by atoms with Gasteiger partial charge >= 0.3 is 0 Å². The predicted molar refractivity (Wildman–Crippen MR) is 106 cm³/mol. The molecule has 0 radical (unpaired) electrons. The van der Waals surface area contributed by atoms with Gasteiger partial charge in [0, 0.05) is 37.6 Å². The number of likely N-dealkylation sites (N-methyl/N-ethyl adjacent to an activating group) is 1. The number of carbonyl (C=O) groups excluding carboxylic acids is 1. The lowest BCUT2D eigenvalue weighted by atomic mass is 10.1. The minimum absolute atomic E-state index is 0.00441. The van der Waals surface area contributed by atoms with Crippen molar-refractivity contribution >= 4 is 17.3 Å². The monoisotopic (exact) mass is 353 g/mol. The third-order valence-electron chi connectivity index (χ3n) is 5.01. The van der Waals surface area contributed by atoms with Crippen molar-refractivity contribution in [2.75, 3.05) is 42.9 Å². The van der Waals surface area contributed by atoms with Crippen molar-refractivity contribution in [3.05, 3.63) is 53.1 Å². The largest absolute Gasteiger partial charge is 0.507 e. The van der Waals surface area contributed by atoms with E-state index in [-0.39, 0.29) is 11.7 Å². The van der Waals surface area contributed by atoms with Crippen molar-refractivity contribution in [1.29, 1.82) is 0 Å². The average molecular weight is 353 g/mol. The first-order chi connectivity index (χ1) is 12.5. The van der Waals surface area contributed by atoms with Crippen molar-refractivity contribution in [3.8, 4) is 5.75 Å². The molecule has 26 heavy (non-hydrogen) atoms. The van der Waals surface area contributed by atoms with Gasteiger partial charge in [-0.3, -0.25) is 4.79 Å². The highest BCUT2D eigenvalue weighted by Crippen LogP contribution is 2.26. The van der Waals surface area contributed by atoms with Gasteiger partial charge in [-0.2, -0.15) is 0 Å². The van der Waals surface area contributed by atoms with E-state index in [4.69, 9.17) is 0 Å². The molecule has 1 aliphatic rings. The van der Waals surface area contributed by atoms with Gasteiger partial charge in [-0.15, -0.1) is 0 Å². The van der Waals surface area contributed by atoms with Gasteiger partial charge < -0.3 is 20.2 Å². The summed E-state index contributed by atoms with van der Waals surface area (Å²) in [6.07, 6.45) is 0. The van der Waals surface area contributed by atoms with E-state index in [2.05, 4.69) is 35.0 Å². The number of aryl methyl sites for hydroxylation is 2. The number of rotatable bonds is 4. The van der Waals surface area contributed by atoms with E-state index in [9.17, 15) is 9.90 Å². The normalized spacial score (nSPS) is 15.1. The molecule has 2 N–H and O–H groups in total. The molecule has 5 heteroatoms. The Kier molecular flexibility index (Phi) is 5.47. The van der Waals surface area contributed by atoms with Crippen molar-refractivity contribution in [1.82, 2.24) is 4.90 Å². The standard InChI is InChI=1S/C21H27N3O2/c1-4-23-9-11-24(12-10-23)19-7-6-17(14-16(19)3)22-21(26)18-13-15(2)5-8-20(18)25/h5-8,13-14,25H,4,9-12H2,1-3H3,(H,22,26). The van der Waals surface area contributed by atoms with E-state index >= 15 is 0 Å². The maximum atomic E-state index is 12.5. The fraction of sp³-hybridized carbons (Fsp3) is 0.381. The Hall–Kier alpha value is -2.53. The van der Waals surface area contributed by atoms with Gasteiger partial charge in [0.25, 0.3) is 5.91 Å². The number of phenolic OH excluding ortho intramolecular Hbond substituents is 1. The summed E-state index contributed by atoms with van der Waals surface area (Å²) in [7, 11) is 0. The zero-order valence-corrected chi connectivity index (χ0v) is 15.7. The van der Waals surface area contributed by atoms with Crippen LogP contribution in [0.25, 0.3) is 0 Å². The predicted octanol–water partition coefficient (Wildman–Crippen LogP) is 3.40. The Balaban J connectivity index is 1.71. The lowest BCUT2D eigenvalue weighted by molar-refractivity contribution is 0.102. The Morgan fingerprint density at radius 1 is 1.08 bits per heavy atom. The second-order valence-electron chi connectivity index (χ2n) is 6.90. The topological polar surface area (TPSA) is 55.8 Å². The minimum Gasteiger partial charge on any atom is -0.507 e. The van der Waals surface area contributed by atoms with Gasteiger partial charge in [0.2, 0.25) is 0 Å². The number of hydrogen-bond donors (Lipinski definition) is 2. The second kappa shape index (κ2) is 7.79. The Labute approximate surface area is 155 Å². The van der Waals surface area contributed by atoms with Crippen LogP contribution in [0.3, 0.4) is 0 Å². The number of amides is 1. The molecule has 0 unspecified atom stereocenters. The highest BCUT2D eigenvalue weighted by molar-refractivity contribution is 6.06. The zero-order chi connectivity index (χ0) is 18.7. The molecule has 2 aromatic rings. The Bertz CT molecular complexity index is 796. The van der Waals surface area contributed by atoms with Crippen LogP contribution < -0.4 is 10.2 Å². The molecule has 1 fully saturated rings. The van der Waals surface area contributed by atoms with Crippen LogP contribution in [-0.2, 0) is 0 Å². The van der Waals surface area contributed by atoms with Crippen LogP contribution in [0.15, 0.2) is 36.4 Å². The van der Waals surface area contributed by atoms with Crippen LogP contribution in [0.4, 0.5) is 11.4 Å². The average Bonchev–Trinajstić information content (AvgIpc) is 2.64. The summed E-state index contributed by atoms with van der Waals surface area (Å²) in [6.45, 7) is 11.5. The van der Waals surface area contributed by atoms with Crippen LogP contribution in [0, 0.1) is 13.8 Å². The fourth-order valence-corrected chi connectivity index (χ4v) is 3.42. The maximum absolute atomic E-state index is 12.5. The summed E-state index contributed by atoms with van der Waals surface area (Å²) >= 11 is 0. The van der Waals surface area contributed by atoms with Crippen LogP contribution in [0.1, 0.15) is 28.4 Å². The molecule has 2 aromatic carbocycles.